The lowest BCUT2D eigenvalue weighted by molar-refractivity contribution is -0.142. The van der Waals surface area contributed by atoms with Gasteiger partial charge in [-0.2, -0.15) is 0 Å². The van der Waals surface area contributed by atoms with Gasteiger partial charge >= 0.3 is 12.1 Å². The predicted molar refractivity (Wildman–Crippen MR) is 126 cm³/mol. The van der Waals surface area contributed by atoms with E-state index >= 15 is 0 Å². The number of nitrogens with one attached hydrogen (secondary N) is 2. The molecule has 3 aliphatic carbocycles. The van der Waals surface area contributed by atoms with E-state index in [1.807, 2.05) is 24.3 Å². The molecule has 2 aromatic carbocycles. The van der Waals surface area contributed by atoms with Crippen molar-refractivity contribution in [1.82, 2.24) is 10.6 Å². The maximum absolute atomic E-state index is 12.7. The Labute approximate surface area is 198 Å². The lowest BCUT2D eigenvalue weighted by Gasteiger charge is -2.22. The molecule has 0 aromatic heterocycles. The van der Waals surface area contributed by atoms with Crippen LogP contribution in [0.3, 0.4) is 0 Å². The smallest absolute Gasteiger partial charge is 0.407 e. The van der Waals surface area contributed by atoms with Crippen molar-refractivity contribution in [3.05, 3.63) is 59.7 Å². The van der Waals surface area contributed by atoms with Crippen molar-refractivity contribution in [1.29, 1.82) is 0 Å². The lowest BCUT2D eigenvalue weighted by Crippen LogP contribution is -2.44. The molecule has 0 spiro atoms. The number of alkyl carbamates (subject to hydrolysis) is 1. The Morgan fingerprint density at radius 3 is 2.21 bits per heavy atom. The van der Waals surface area contributed by atoms with Gasteiger partial charge in [0.15, 0.2) is 0 Å². The Bertz CT molecular complexity index is 1050. The number of rotatable bonds is 8. The molecule has 0 aliphatic heterocycles. The SMILES string of the molecule is O=C(CC1CCCC1NC(=O)OCC1c2ccccc2-c2ccccc21)NC(C(=O)O)C1CC1. The third-order valence-electron chi connectivity index (χ3n) is 7.43. The zero-order valence-electron chi connectivity index (χ0n) is 19.0. The first-order chi connectivity index (χ1) is 16.5. The van der Waals surface area contributed by atoms with Crippen LogP contribution in [0.2, 0.25) is 0 Å². The van der Waals surface area contributed by atoms with Gasteiger partial charge in [0.25, 0.3) is 0 Å². The fourth-order valence-electron chi connectivity index (χ4n) is 5.54. The van der Waals surface area contributed by atoms with Crippen molar-refractivity contribution >= 4 is 18.0 Å². The van der Waals surface area contributed by atoms with Gasteiger partial charge in [-0.3, -0.25) is 4.79 Å². The quantitative estimate of drug-likeness (QED) is 0.549. The minimum atomic E-state index is -0.976. The predicted octanol–water partition coefficient (Wildman–Crippen LogP) is 4.06. The van der Waals surface area contributed by atoms with E-state index in [0.717, 1.165) is 43.2 Å². The van der Waals surface area contributed by atoms with Crippen molar-refractivity contribution in [2.75, 3.05) is 6.61 Å². The van der Waals surface area contributed by atoms with Crippen molar-refractivity contribution in [2.45, 2.75) is 56.5 Å². The molecular weight excluding hydrogens is 432 g/mol. The molecule has 3 unspecified atom stereocenters. The standard InChI is InChI=1S/C27H30N2O5/c30-24(29-25(26(31)32)16-12-13-16)14-17-6-5-11-23(17)28-27(33)34-15-22-20-9-3-1-7-18(20)19-8-2-4-10-21(19)22/h1-4,7-10,16-17,22-23,25H,5-6,11-15H2,(H,28,33)(H,29,30)(H,31,32). The van der Waals surface area contributed by atoms with Gasteiger partial charge in [0, 0.05) is 18.4 Å². The molecular formula is C27H30N2O5. The maximum Gasteiger partial charge on any atom is 0.407 e. The Morgan fingerprint density at radius 2 is 1.59 bits per heavy atom. The Morgan fingerprint density at radius 1 is 0.941 bits per heavy atom. The second kappa shape index (κ2) is 9.49. The third-order valence-corrected chi connectivity index (χ3v) is 7.43. The molecule has 2 amide bonds. The van der Waals surface area contributed by atoms with Crippen LogP contribution < -0.4 is 10.6 Å². The molecule has 2 aromatic rings. The monoisotopic (exact) mass is 462 g/mol. The zero-order chi connectivity index (χ0) is 23.7. The van der Waals surface area contributed by atoms with E-state index in [4.69, 9.17) is 4.74 Å². The van der Waals surface area contributed by atoms with Gasteiger partial charge < -0.3 is 20.5 Å². The Kier molecular flexibility index (Phi) is 6.26. The molecule has 5 rings (SSSR count). The number of fused-ring (bicyclic) bond motifs is 3. The lowest BCUT2D eigenvalue weighted by atomic mass is 9.98. The first kappa shape index (κ1) is 22.4. The van der Waals surface area contributed by atoms with Gasteiger partial charge in [0.2, 0.25) is 5.91 Å². The molecule has 3 atom stereocenters. The molecule has 3 aliphatic rings. The highest BCUT2D eigenvalue weighted by Gasteiger charge is 2.38. The first-order valence-electron chi connectivity index (χ1n) is 12.1. The fraction of sp³-hybridized carbons (Fsp3) is 0.444. The van der Waals surface area contributed by atoms with Crippen molar-refractivity contribution in [2.24, 2.45) is 11.8 Å². The fourth-order valence-corrected chi connectivity index (χ4v) is 5.54. The highest BCUT2D eigenvalue weighted by Crippen LogP contribution is 2.44. The second-order valence-electron chi connectivity index (χ2n) is 9.69. The summed E-state index contributed by atoms with van der Waals surface area (Å²) in [5.74, 6) is -1.21. The van der Waals surface area contributed by atoms with Gasteiger partial charge in [-0.1, -0.05) is 55.0 Å². The number of carbonyl (C=O) groups is 3. The second-order valence-corrected chi connectivity index (χ2v) is 9.69. The van der Waals surface area contributed by atoms with E-state index in [1.165, 1.54) is 11.1 Å². The van der Waals surface area contributed by atoms with Crippen LogP contribution >= 0.6 is 0 Å². The Hall–Kier alpha value is -3.35. The molecule has 3 N–H and O–H groups in total. The summed E-state index contributed by atoms with van der Waals surface area (Å²) >= 11 is 0. The van der Waals surface area contributed by atoms with Gasteiger partial charge in [-0.15, -0.1) is 0 Å². The van der Waals surface area contributed by atoms with Gasteiger partial charge in [-0.25, -0.2) is 9.59 Å². The van der Waals surface area contributed by atoms with Crippen LogP contribution in [0.25, 0.3) is 11.1 Å². The molecule has 0 bridgehead atoms. The number of hydrogen-bond donors (Lipinski definition) is 3. The van der Waals surface area contributed by atoms with Crippen molar-refractivity contribution in [3.8, 4) is 11.1 Å². The molecule has 7 heteroatoms. The molecule has 7 nitrogen and oxygen atoms in total. The number of aliphatic carboxylic acids is 1. The number of hydrogen-bond acceptors (Lipinski definition) is 4. The number of carbonyl (C=O) groups excluding carboxylic acids is 2. The maximum atomic E-state index is 12.7. The number of carboxylic acid groups (broad SMARTS) is 1. The van der Waals surface area contributed by atoms with Gasteiger partial charge in [0.1, 0.15) is 12.6 Å². The van der Waals surface area contributed by atoms with Crippen LogP contribution in [0.1, 0.15) is 55.6 Å². The van der Waals surface area contributed by atoms with Crippen LogP contribution in [-0.4, -0.2) is 41.8 Å². The van der Waals surface area contributed by atoms with Crippen LogP contribution in [0, 0.1) is 11.8 Å². The molecule has 2 fully saturated rings. The molecule has 0 radical (unpaired) electrons. The summed E-state index contributed by atoms with van der Waals surface area (Å²) in [5, 5.41) is 15.0. The number of amides is 2. The minimum absolute atomic E-state index is 0.00122. The van der Waals surface area contributed by atoms with Gasteiger partial charge in [0.05, 0.1) is 0 Å². The van der Waals surface area contributed by atoms with Crippen LogP contribution in [0.15, 0.2) is 48.5 Å². The van der Waals surface area contributed by atoms with Crippen LogP contribution in [-0.2, 0) is 14.3 Å². The van der Waals surface area contributed by atoms with Crippen LogP contribution in [0.5, 0.6) is 0 Å². The average molecular weight is 463 g/mol. The normalized spacial score (nSPS) is 21.9. The largest absolute Gasteiger partial charge is 0.480 e. The number of benzene rings is 2. The molecule has 34 heavy (non-hydrogen) atoms. The summed E-state index contributed by atoms with van der Waals surface area (Å²) in [5.41, 5.74) is 4.69. The van der Waals surface area contributed by atoms with Gasteiger partial charge in [-0.05, 0) is 59.8 Å². The van der Waals surface area contributed by atoms with Crippen molar-refractivity contribution in [3.63, 3.8) is 0 Å². The van der Waals surface area contributed by atoms with E-state index in [2.05, 4.69) is 34.9 Å². The first-order valence-corrected chi connectivity index (χ1v) is 12.1. The number of carboxylic acids is 1. The molecule has 0 saturated heterocycles. The summed E-state index contributed by atoms with van der Waals surface area (Å²) in [6, 6.07) is 15.5. The van der Waals surface area contributed by atoms with E-state index in [0.29, 0.717) is 0 Å². The minimum Gasteiger partial charge on any atom is -0.480 e. The summed E-state index contributed by atoms with van der Waals surface area (Å²) in [7, 11) is 0. The molecule has 178 valence electrons. The zero-order valence-corrected chi connectivity index (χ0v) is 19.0. The summed E-state index contributed by atoms with van der Waals surface area (Å²) in [4.78, 5) is 36.6. The van der Waals surface area contributed by atoms with Crippen LogP contribution in [0.4, 0.5) is 4.79 Å². The summed E-state index contributed by atoms with van der Waals surface area (Å²) in [6.45, 7) is 0.249. The highest BCUT2D eigenvalue weighted by atomic mass is 16.5. The average Bonchev–Trinajstić information content (AvgIpc) is 3.50. The molecule has 0 heterocycles. The van der Waals surface area contributed by atoms with E-state index in [1.54, 1.807) is 0 Å². The topological polar surface area (TPSA) is 105 Å². The third kappa shape index (κ3) is 4.65. The number of ether oxygens (including phenoxy) is 1. The van der Waals surface area contributed by atoms with E-state index in [9.17, 15) is 19.5 Å². The summed E-state index contributed by atoms with van der Waals surface area (Å²) in [6.07, 6.45) is 3.94. The Balaban J connectivity index is 1.16. The molecule has 2 saturated carbocycles. The summed E-state index contributed by atoms with van der Waals surface area (Å²) < 4.78 is 5.66. The highest BCUT2D eigenvalue weighted by molar-refractivity contribution is 5.84. The van der Waals surface area contributed by atoms with E-state index in [-0.39, 0.29) is 42.7 Å². The van der Waals surface area contributed by atoms with E-state index < -0.39 is 18.1 Å². The van der Waals surface area contributed by atoms with Crippen molar-refractivity contribution < 1.29 is 24.2 Å².